The van der Waals surface area contributed by atoms with Gasteiger partial charge in [0.05, 0.1) is 11.8 Å². The van der Waals surface area contributed by atoms with Gasteiger partial charge < -0.3 is 16.2 Å². The predicted octanol–water partition coefficient (Wildman–Crippen LogP) is 3.13. The molecule has 0 bridgehead atoms. The second kappa shape index (κ2) is 6.68. The molecule has 0 aromatic heterocycles. The largest absolute Gasteiger partial charge is 0.395 e. The van der Waals surface area contributed by atoms with Gasteiger partial charge in [-0.15, -0.1) is 0 Å². The smallest absolute Gasteiger partial charge is 0.147 e. The molecule has 1 aliphatic rings. The molecule has 1 atom stereocenters. The van der Waals surface area contributed by atoms with Gasteiger partial charge in [0, 0.05) is 17.1 Å². The van der Waals surface area contributed by atoms with E-state index in [1.165, 1.54) is 25.3 Å². The number of hydrogen-bond acceptors (Lipinski definition) is 3. The van der Waals surface area contributed by atoms with Gasteiger partial charge in [-0.2, -0.15) is 0 Å². The van der Waals surface area contributed by atoms with Crippen LogP contribution in [0.3, 0.4) is 0 Å². The van der Waals surface area contributed by atoms with E-state index in [4.69, 9.17) is 5.73 Å². The molecule has 4 N–H and O–H groups in total. The fourth-order valence-electron chi connectivity index (χ4n) is 2.50. The average molecular weight is 331 g/mol. The van der Waals surface area contributed by atoms with Crippen LogP contribution in [0.2, 0.25) is 0 Å². The zero-order valence-corrected chi connectivity index (χ0v) is 12.4. The quantitative estimate of drug-likeness (QED) is 0.743. The zero-order chi connectivity index (χ0) is 13.8. The lowest BCUT2D eigenvalue weighted by atomic mass is 9.95. The van der Waals surface area contributed by atoms with Crippen molar-refractivity contribution in [3.8, 4) is 0 Å². The monoisotopic (exact) mass is 330 g/mol. The molecule has 19 heavy (non-hydrogen) atoms. The van der Waals surface area contributed by atoms with Crippen molar-refractivity contribution < 1.29 is 9.50 Å². The maximum absolute atomic E-state index is 13.5. The van der Waals surface area contributed by atoms with E-state index in [2.05, 4.69) is 21.2 Å². The van der Waals surface area contributed by atoms with Gasteiger partial charge in [-0.3, -0.25) is 0 Å². The summed E-state index contributed by atoms with van der Waals surface area (Å²) in [5.74, 6) is -0.499. The van der Waals surface area contributed by atoms with Crippen LogP contribution in [0.25, 0.3) is 0 Å². The van der Waals surface area contributed by atoms with Crippen molar-refractivity contribution in [1.82, 2.24) is 5.32 Å². The molecule has 1 aliphatic carbocycles. The molecule has 5 heteroatoms. The van der Waals surface area contributed by atoms with E-state index in [0.717, 1.165) is 12.8 Å². The molecule has 1 aromatic rings. The Balaban J connectivity index is 1.93. The zero-order valence-electron chi connectivity index (χ0n) is 10.8. The molecule has 0 spiro atoms. The highest BCUT2D eigenvalue weighted by Gasteiger charge is 2.16. The Bertz CT molecular complexity index is 412. The van der Waals surface area contributed by atoms with E-state index in [0.29, 0.717) is 22.6 Å². The number of nitrogens with two attached hydrogens (primary N) is 1. The molecule has 0 amide bonds. The van der Waals surface area contributed by atoms with Crippen molar-refractivity contribution in [2.75, 3.05) is 12.3 Å². The van der Waals surface area contributed by atoms with Gasteiger partial charge in [-0.05, 0) is 46.5 Å². The number of hydrogen-bond donors (Lipinski definition) is 3. The number of rotatable bonds is 4. The molecule has 1 aromatic carbocycles. The van der Waals surface area contributed by atoms with Crippen molar-refractivity contribution in [3.05, 3.63) is 28.0 Å². The van der Waals surface area contributed by atoms with Gasteiger partial charge in [-0.1, -0.05) is 19.3 Å². The highest BCUT2D eigenvalue weighted by atomic mass is 79.9. The number of aliphatic hydroxyl groups is 1. The summed E-state index contributed by atoms with van der Waals surface area (Å²) in [6.07, 6.45) is 5.40. The second-order valence-electron chi connectivity index (χ2n) is 5.16. The Morgan fingerprint density at radius 3 is 2.68 bits per heavy atom. The number of halogens is 2. The highest BCUT2D eigenvalue weighted by Crippen LogP contribution is 2.27. The Morgan fingerprint density at radius 2 is 2.05 bits per heavy atom. The fourth-order valence-corrected chi connectivity index (χ4v) is 2.95. The number of anilines is 1. The third-order valence-electron chi connectivity index (χ3n) is 3.69. The lowest BCUT2D eigenvalue weighted by molar-refractivity contribution is 0.165. The number of aliphatic hydroxyl groups excluding tert-OH is 1. The van der Waals surface area contributed by atoms with E-state index in [-0.39, 0.29) is 5.69 Å². The maximum atomic E-state index is 13.5. The molecule has 1 fully saturated rings. The maximum Gasteiger partial charge on any atom is 0.147 e. The van der Waals surface area contributed by atoms with Crippen LogP contribution in [0, 0.1) is 5.82 Å². The highest BCUT2D eigenvalue weighted by molar-refractivity contribution is 9.10. The SMILES string of the molecule is Nc1c(F)cc(C(O)CNC2CCCCC2)cc1Br. The number of benzene rings is 1. The van der Waals surface area contributed by atoms with Crippen molar-refractivity contribution >= 4 is 21.6 Å². The van der Waals surface area contributed by atoms with Gasteiger partial charge >= 0.3 is 0 Å². The van der Waals surface area contributed by atoms with E-state index in [1.54, 1.807) is 6.07 Å². The van der Waals surface area contributed by atoms with Gasteiger partial charge in [0.15, 0.2) is 0 Å². The minimum Gasteiger partial charge on any atom is -0.395 e. The molecule has 0 radical (unpaired) electrons. The summed E-state index contributed by atoms with van der Waals surface area (Å²) in [6.45, 7) is 0.445. The van der Waals surface area contributed by atoms with Gasteiger partial charge in [0.1, 0.15) is 5.82 Å². The van der Waals surface area contributed by atoms with Crippen LogP contribution in [0.1, 0.15) is 43.8 Å². The lowest BCUT2D eigenvalue weighted by Gasteiger charge is -2.24. The predicted molar refractivity (Wildman–Crippen MR) is 78.3 cm³/mol. The van der Waals surface area contributed by atoms with Crippen molar-refractivity contribution in [3.63, 3.8) is 0 Å². The molecule has 1 unspecified atom stereocenters. The van der Waals surface area contributed by atoms with Crippen molar-refractivity contribution in [2.45, 2.75) is 44.2 Å². The Labute approximate surface area is 121 Å². The summed E-state index contributed by atoms with van der Waals surface area (Å²) in [5, 5.41) is 13.5. The first kappa shape index (κ1) is 14.8. The van der Waals surface area contributed by atoms with E-state index in [9.17, 15) is 9.50 Å². The summed E-state index contributed by atoms with van der Waals surface area (Å²) in [5.41, 5.74) is 6.15. The molecule has 3 nitrogen and oxygen atoms in total. The number of nitrogens with one attached hydrogen (secondary N) is 1. The minimum atomic E-state index is -0.715. The normalized spacial score (nSPS) is 18.5. The van der Waals surface area contributed by atoms with Crippen LogP contribution in [0.4, 0.5) is 10.1 Å². The van der Waals surface area contributed by atoms with Crippen LogP contribution in [-0.4, -0.2) is 17.7 Å². The Hall–Kier alpha value is -0.650. The van der Waals surface area contributed by atoms with Crippen molar-refractivity contribution in [2.24, 2.45) is 0 Å². The third-order valence-corrected chi connectivity index (χ3v) is 4.35. The molecule has 106 valence electrons. The summed E-state index contributed by atoms with van der Waals surface area (Å²) in [4.78, 5) is 0. The molecular weight excluding hydrogens is 311 g/mol. The summed E-state index contributed by atoms with van der Waals surface area (Å²) in [6, 6.07) is 3.45. The summed E-state index contributed by atoms with van der Waals surface area (Å²) in [7, 11) is 0. The fraction of sp³-hybridized carbons (Fsp3) is 0.571. The van der Waals surface area contributed by atoms with Crippen LogP contribution in [0.5, 0.6) is 0 Å². The first-order valence-corrected chi connectivity index (χ1v) is 7.53. The lowest BCUT2D eigenvalue weighted by Crippen LogP contribution is -2.34. The first-order chi connectivity index (χ1) is 9.08. The van der Waals surface area contributed by atoms with E-state index in [1.807, 2.05) is 0 Å². The Morgan fingerprint density at radius 1 is 1.37 bits per heavy atom. The van der Waals surface area contributed by atoms with E-state index < -0.39 is 11.9 Å². The summed E-state index contributed by atoms with van der Waals surface area (Å²) < 4.78 is 14.0. The number of nitrogen functional groups attached to an aromatic ring is 1. The molecule has 2 rings (SSSR count). The average Bonchev–Trinajstić information content (AvgIpc) is 2.42. The second-order valence-corrected chi connectivity index (χ2v) is 6.01. The van der Waals surface area contributed by atoms with Gasteiger partial charge in [-0.25, -0.2) is 4.39 Å². The van der Waals surface area contributed by atoms with Crippen LogP contribution in [0.15, 0.2) is 16.6 Å². The van der Waals surface area contributed by atoms with Crippen LogP contribution >= 0.6 is 15.9 Å². The molecule has 0 aliphatic heterocycles. The standard InChI is InChI=1S/C14H20BrFN2O/c15-11-6-9(7-12(16)14(11)17)13(19)8-18-10-4-2-1-3-5-10/h6-7,10,13,18-19H,1-5,8,17H2. The minimum absolute atomic E-state index is 0.0798. The Kier molecular flexibility index (Phi) is 5.19. The molecule has 1 saturated carbocycles. The topological polar surface area (TPSA) is 58.3 Å². The van der Waals surface area contributed by atoms with Crippen LogP contribution in [-0.2, 0) is 0 Å². The van der Waals surface area contributed by atoms with Gasteiger partial charge in [0.2, 0.25) is 0 Å². The molecule has 0 heterocycles. The third kappa shape index (κ3) is 3.91. The van der Waals surface area contributed by atoms with E-state index >= 15 is 0 Å². The van der Waals surface area contributed by atoms with Crippen molar-refractivity contribution in [1.29, 1.82) is 0 Å². The molecule has 0 saturated heterocycles. The summed E-state index contributed by atoms with van der Waals surface area (Å²) >= 11 is 3.20. The van der Waals surface area contributed by atoms with Crippen LogP contribution < -0.4 is 11.1 Å². The molecular formula is C14H20BrFN2O. The first-order valence-electron chi connectivity index (χ1n) is 6.74. The van der Waals surface area contributed by atoms with Gasteiger partial charge in [0.25, 0.3) is 0 Å².